The maximum atomic E-state index is 2.16. The van der Waals surface area contributed by atoms with Crippen molar-refractivity contribution in [1.82, 2.24) is 0 Å². The van der Waals surface area contributed by atoms with Gasteiger partial charge in [0, 0.05) is 0 Å². The van der Waals surface area contributed by atoms with Crippen LogP contribution in [-0.4, -0.2) is 0 Å². The van der Waals surface area contributed by atoms with Gasteiger partial charge in [0.05, 0.1) is 0 Å². The molecule has 0 saturated carbocycles. The zero-order valence-electron chi connectivity index (χ0n) is 21.3. The Balaban J connectivity index is -0.0000000612. The Morgan fingerprint density at radius 2 is 0.588 bits per heavy atom. The summed E-state index contributed by atoms with van der Waals surface area (Å²) in [6.45, 7) is 18.4. The maximum absolute atomic E-state index is 2.16. The van der Waals surface area contributed by atoms with Gasteiger partial charge in [0.25, 0.3) is 0 Å². The summed E-state index contributed by atoms with van der Waals surface area (Å²) in [7, 11) is 0. The van der Waals surface area contributed by atoms with Crippen molar-refractivity contribution in [3.05, 3.63) is 108 Å². The van der Waals surface area contributed by atoms with Gasteiger partial charge in [-0.15, -0.1) is 0 Å². The van der Waals surface area contributed by atoms with E-state index in [1.54, 1.807) is 0 Å². The molecule has 0 nitrogen and oxygen atoms in total. The zero-order chi connectivity index (χ0) is 23.5. The Bertz CT molecular complexity index is 574. The molecule has 0 N–H and O–H groups in total. The Morgan fingerprint density at radius 1 is 0.382 bits per heavy atom. The molecule has 0 aliphatic heterocycles. The highest BCUT2D eigenvalue weighted by atomic mass is 14.0. The van der Waals surface area contributed by atoms with Crippen LogP contribution in [0, 0.1) is 0 Å². The third-order valence-corrected chi connectivity index (χ3v) is 3.34. The second kappa shape index (κ2) is 44.4. The molecule has 3 aromatic rings. The topological polar surface area (TPSA) is 0 Å². The molecule has 0 unspecified atom stereocenters. The van der Waals surface area contributed by atoms with Gasteiger partial charge in [-0.25, -0.2) is 0 Å². The van der Waals surface area contributed by atoms with E-state index in [9.17, 15) is 0 Å². The van der Waals surface area contributed by atoms with Gasteiger partial charge in [0.15, 0.2) is 0 Å². The van der Waals surface area contributed by atoms with E-state index in [1.807, 2.05) is 47.6 Å². The van der Waals surface area contributed by atoms with Gasteiger partial charge in [0.1, 0.15) is 0 Å². The molecule has 0 aliphatic carbocycles. The highest BCUT2D eigenvalue weighted by Gasteiger charge is 1.92. The van der Waals surface area contributed by atoms with Crippen LogP contribution in [-0.2, 0) is 12.8 Å². The van der Waals surface area contributed by atoms with Gasteiger partial charge in [-0.1, -0.05) is 189 Å². The molecule has 3 aromatic carbocycles. The van der Waals surface area contributed by atoms with Gasteiger partial charge < -0.3 is 0 Å². The van der Waals surface area contributed by atoms with Gasteiger partial charge in [-0.2, -0.15) is 0 Å². The minimum Gasteiger partial charge on any atom is -0.0776 e. The third-order valence-electron chi connectivity index (χ3n) is 3.34. The van der Waals surface area contributed by atoms with Crippen molar-refractivity contribution in [3.63, 3.8) is 0 Å². The first-order valence-corrected chi connectivity index (χ1v) is 11.9. The number of hydrogen-bond donors (Lipinski definition) is 0. The maximum Gasteiger partial charge on any atom is -0.00258 e. The summed E-state index contributed by atoms with van der Waals surface area (Å²) in [6.07, 6.45) is 3.42. The fraction of sp³-hybridized carbons (Fsp3) is 0.471. The van der Waals surface area contributed by atoms with Crippen LogP contribution in [0.2, 0.25) is 0 Å². The van der Waals surface area contributed by atoms with Crippen LogP contribution in [0.5, 0.6) is 0 Å². The van der Waals surface area contributed by atoms with E-state index in [1.165, 1.54) is 23.1 Å². The fourth-order valence-corrected chi connectivity index (χ4v) is 2.14. The van der Waals surface area contributed by atoms with Gasteiger partial charge in [0.2, 0.25) is 0 Å². The lowest BCUT2D eigenvalue weighted by Crippen LogP contribution is -1.85. The normalized spacial score (nSPS) is 6.97. The van der Waals surface area contributed by atoms with Gasteiger partial charge in [-0.05, 0) is 29.5 Å². The lowest BCUT2D eigenvalue weighted by atomic mass is 10.1. The Kier molecular flexibility index (Phi) is 63.8. The van der Waals surface area contributed by atoms with Crippen LogP contribution in [0.25, 0.3) is 0 Å². The van der Waals surface area contributed by atoms with Gasteiger partial charge in [-0.3, -0.25) is 0 Å². The molecule has 0 heteroatoms. The predicted molar refractivity (Wildman–Crippen MR) is 168 cm³/mol. The lowest BCUT2D eigenvalue weighted by Gasteiger charge is -2.00. The lowest BCUT2D eigenvalue weighted by molar-refractivity contribution is 1.09. The van der Waals surface area contributed by atoms with Crippen molar-refractivity contribution >= 4 is 0 Å². The summed E-state index contributed by atoms with van der Waals surface area (Å²) in [4.78, 5) is 0. The minimum atomic E-state index is 0. The molecule has 0 aromatic heterocycles. The van der Waals surface area contributed by atoms with E-state index in [-0.39, 0.29) is 29.7 Å². The monoisotopic (exact) mass is 473 g/mol. The van der Waals surface area contributed by atoms with E-state index in [0.29, 0.717) is 0 Å². The summed E-state index contributed by atoms with van der Waals surface area (Å²) >= 11 is 0. The minimum absolute atomic E-state index is 0. The summed E-state index contributed by atoms with van der Waals surface area (Å²) < 4.78 is 0. The number of hydrogen-bond acceptors (Lipinski definition) is 0. The van der Waals surface area contributed by atoms with Crippen molar-refractivity contribution in [2.75, 3.05) is 0 Å². The van der Waals surface area contributed by atoms with Crippen LogP contribution in [0.15, 0.2) is 91.0 Å². The van der Waals surface area contributed by atoms with Crippen molar-refractivity contribution in [2.24, 2.45) is 0 Å². The second-order valence-corrected chi connectivity index (χ2v) is 5.69. The first-order valence-electron chi connectivity index (χ1n) is 11.9. The highest BCUT2D eigenvalue weighted by molar-refractivity contribution is 5.25. The van der Waals surface area contributed by atoms with E-state index < -0.39 is 0 Å². The Labute approximate surface area is 218 Å². The fourth-order valence-electron chi connectivity index (χ4n) is 2.14. The van der Waals surface area contributed by atoms with Crippen LogP contribution in [0.4, 0.5) is 0 Å². The summed E-state index contributed by atoms with van der Waals surface area (Å²) in [5.74, 6) is 0. The van der Waals surface area contributed by atoms with E-state index in [2.05, 4.69) is 106 Å². The molecular weight excluding hydrogens is 408 g/mol. The quantitative estimate of drug-likeness (QED) is 0.355. The van der Waals surface area contributed by atoms with E-state index in [4.69, 9.17) is 0 Å². The molecule has 3 rings (SSSR count). The largest absolute Gasteiger partial charge is 0.0776 e. The molecule has 0 radical (unpaired) electrons. The molecule has 34 heavy (non-hydrogen) atoms. The number of rotatable bonds is 3. The summed E-state index contributed by atoms with van der Waals surface area (Å²) in [5.41, 5.74) is 4.15. The molecule has 0 spiro atoms. The van der Waals surface area contributed by atoms with Crippen molar-refractivity contribution in [2.45, 2.75) is 111 Å². The SMILES string of the molecule is C.C.C.C.CC.CC.CC.CCC.CCc1ccccc1.c1ccc(Cc2ccccc2)cc1. The molecule has 0 amide bonds. The molecule has 0 heterocycles. The molecule has 0 fully saturated rings. The van der Waals surface area contributed by atoms with Gasteiger partial charge >= 0.3 is 0 Å². The molecule has 0 aliphatic rings. The first-order chi connectivity index (χ1) is 14.8. The van der Waals surface area contributed by atoms with Crippen LogP contribution < -0.4 is 0 Å². The molecule has 0 saturated heterocycles. The molecule has 0 bridgehead atoms. The molecule has 0 atom stereocenters. The van der Waals surface area contributed by atoms with Crippen LogP contribution in [0.3, 0.4) is 0 Å². The Hall–Kier alpha value is -2.34. The standard InChI is InChI=1S/C13H12.C8H10.C3H8.3C2H6.4CH4/c1-3-7-12(8-4-1)11-13-9-5-2-6-10-13;1-2-8-6-4-3-5-7-8;1-3-2;3*1-2;;;;/h1-10H,11H2;3-7H,2H2,1H3;3H2,1-2H3;3*1-2H3;4*1H4. The highest BCUT2D eigenvalue weighted by Crippen LogP contribution is 2.07. The summed E-state index contributed by atoms with van der Waals surface area (Å²) in [5, 5.41) is 0. The first kappa shape index (κ1) is 48.9. The molecular formula is C34H64. The van der Waals surface area contributed by atoms with E-state index in [0.717, 1.165) is 12.8 Å². The van der Waals surface area contributed by atoms with Crippen molar-refractivity contribution in [3.8, 4) is 0 Å². The Morgan fingerprint density at radius 3 is 0.765 bits per heavy atom. The average Bonchev–Trinajstić information content (AvgIpc) is 2.86. The average molecular weight is 473 g/mol. The third kappa shape index (κ3) is 31.8. The van der Waals surface area contributed by atoms with Crippen LogP contribution >= 0.6 is 0 Å². The molecule has 200 valence electrons. The van der Waals surface area contributed by atoms with Crippen molar-refractivity contribution in [1.29, 1.82) is 0 Å². The predicted octanol–water partition coefficient (Wildman–Crippen LogP) is 12.6. The number of aryl methyl sites for hydroxylation is 1. The smallest absolute Gasteiger partial charge is 0.00258 e. The van der Waals surface area contributed by atoms with Crippen molar-refractivity contribution < 1.29 is 0 Å². The van der Waals surface area contributed by atoms with Crippen LogP contribution in [0.1, 0.15) is 115 Å². The number of benzene rings is 3. The van der Waals surface area contributed by atoms with E-state index >= 15 is 0 Å². The summed E-state index contributed by atoms with van der Waals surface area (Å²) in [6, 6.07) is 31.5. The zero-order valence-corrected chi connectivity index (χ0v) is 21.3. The second-order valence-electron chi connectivity index (χ2n) is 5.69.